The Hall–Kier alpha value is -3.83. The molecule has 1 aliphatic heterocycles. The molecule has 1 unspecified atom stereocenters. The number of thioether (sulfide) groups is 1. The van der Waals surface area contributed by atoms with Crippen molar-refractivity contribution in [3.8, 4) is 6.07 Å². The van der Waals surface area contributed by atoms with Gasteiger partial charge in [-0.3, -0.25) is 14.5 Å². The molecule has 6 nitrogen and oxygen atoms in total. The first-order chi connectivity index (χ1) is 16.0. The Balaban J connectivity index is 1.68. The summed E-state index contributed by atoms with van der Waals surface area (Å²) in [7, 11) is 0. The molecule has 0 bridgehead atoms. The molecule has 4 rings (SSSR count). The van der Waals surface area contributed by atoms with Crippen LogP contribution in [-0.2, 0) is 22.6 Å². The van der Waals surface area contributed by atoms with Crippen molar-refractivity contribution >= 4 is 29.3 Å². The molecule has 0 saturated carbocycles. The number of hydrogen-bond donors (Lipinski definition) is 1. The fourth-order valence-corrected chi connectivity index (χ4v) is 4.84. The van der Waals surface area contributed by atoms with Gasteiger partial charge in [0.05, 0.1) is 18.1 Å². The maximum Gasteiger partial charge on any atom is 0.265 e. The second-order valence-electron chi connectivity index (χ2n) is 7.50. The summed E-state index contributed by atoms with van der Waals surface area (Å²) in [5.41, 5.74) is 2.25. The van der Waals surface area contributed by atoms with E-state index in [0.717, 1.165) is 11.1 Å². The quantitative estimate of drug-likeness (QED) is 0.432. The zero-order valence-electron chi connectivity index (χ0n) is 17.7. The predicted molar refractivity (Wildman–Crippen MR) is 123 cm³/mol. The van der Waals surface area contributed by atoms with Crippen LogP contribution in [0.3, 0.4) is 0 Å². The fourth-order valence-electron chi connectivity index (χ4n) is 3.53. The van der Waals surface area contributed by atoms with Crippen LogP contribution in [0.15, 0.2) is 81.9 Å². The van der Waals surface area contributed by atoms with Crippen LogP contribution in [0, 0.1) is 24.1 Å². The van der Waals surface area contributed by atoms with E-state index in [2.05, 4.69) is 5.32 Å². The standard InChI is InChI=1S/C25H20FN3O3S/c1-16-4-2-5-17(12-16)13-22-24(31)29(19-9-7-18(26)8-10-19)25(33-22)21(14-27)23(30)28-15-20-6-3-11-32-20/h2-12,22H,13,15H2,1H3,(H,28,30). The van der Waals surface area contributed by atoms with Crippen molar-refractivity contribution in [1.82, 2.24) is 5.32 Å². The highest BCUT2D eigenvalue weighted by Gasteiger charge is 2.40. The molecule has 33 heavy (non-hydrogen) atoms. The number of nitrogens with one attached hydrogen (secondary N) is 1. The molecule has 2 amide bonds. The van der Waals surface area contributed by atoms with Gasteiger partial charge in [-0.2, -0.15) is 5.26 Å². The molecule has 1 fully saturated rings. The summed E-state index contributed by atoms with van der Waals surface area (Å²) in [4.78, 5) is 27.6. The molecular formula is C25H20FN3O3S. The number of nitriles is 1. The summed E-state index contributed by atoms with van der Waals surface area (Å²) in [6, 6.07) is 18.6. The van der Waals surface area contributed by atoms with Crippen LogP contribution in [-0.4, -0.2) is 17.1 Å². The third-order valence-corrected chi connectivity index (χ3v) is 6.36. The monoisotopic (exact) mass is 461 g/mol. The molecule has 1 atom stereocenters. The molecular weight excluding hydrogens is 441 g/mol. The Morgan fingerprint density at radius 1 is 1.21 bits per heavy atom. The van der Waals surface area contributed by atoms with Crippen molar-refractivity contribution in [2.24, 2.45) is 0 Å². The van der Waals surface area contributed by atoms with Gasteiger partial charge in [-0.1, -0.05) is 41.6 Å². The molecule has 8 heteroatoms. The molecule has 1 N–H and O–H groups in total. The second-order valence-corrected chi connectivity index (χ2v) is 8.70. The average Bonchev–Trinajstić information content (AvgIpc) is 3.42. The number of halogens is 1. The summed E-state index contributed by atoms with van der Waals surface area (Å²) in [5, 5.41) is 12.2. The van der Waals surface area contributed by atoms with Crippen molar-refractivity contribution in [1.29, 1.82) is 5.26 Å². The van der Waals surface area contributed by atoms with Gasteiger partial charge in [0.25, 0.3) is 5.91 Å². The van der Waals surface area contributed by atoms with E-state index in [1.54, 1.807) is 12.1 Å². The average molecular weight is 462 g/mol. The van der Waals surface area contributed by atoms with E-state index in [9.17, 15) is 19.2 Å². The first-order valence-electron chi connectivity index (χ1n) is 10.2. The van der Waals surface area contributed by atoms with E-state index in [4.69, 9.17) is 4.42 Å². The zero-order valence-corrected chi connectivity index (χ0v) is 18.6. The Morgan fingerprint density at radius 2 is 2.00 bits per heavy atom. The van der Waals surface area contributed by atoms with Gasteiger partial charge in [0.15, 0.2) is 0 Å². The van der Waals surface area contributed by atoms with E-state index >= 15 is 0 Å². The van der Waals surface area contributed by atoms with Crippen LogP contribution in [0.25, 0.3) is 0 Å². The molecule has 0 spiro atoms. The van der Waals surface area contributed by atoms with E-state index < -0.39 is 17.0 Å². The molecule has 166 valence electrons. The van der Waals surface area contributed by atoms with Gasteiger partial charge in [0, 0.05) is 5.69 Å². The van der Waals surface area contributed by atoms with Crippen molar-refractivity contribution in [2.75, 3.05) is 4.90 Å². The number of carbonyl (C=O) groups is 2. The normalized spacial score (nSPS) is 17.1. The number of carbonyl (C=O) groups excluding carboxylic acids is 2. The molecule has 0 aliphatic carbocycles. The van der Waals surface area contributed by atoms with Gasteiger partial charge in [0.2, 0.25) is 5.91 Å². The van der Waals surface area contributed by atoms with Gasteiger partial charge >= 0.3 is 0 Å². The van der Waals surface area contributed by atoms with Crippen molar-refractivity contribution in [3.05, 3.63) is 100 Å². The molecule has 1 aliphatic rings. The molecule has 2 aromatic carbocycles. The lowest BCUT2D eigenvalue weighted by atomic mass is 10.1. The summed E-state index contributed by atoms with van der Waals surface area (Å²) in [5.74, 6) is -0.799. The van der Waals surface area contributed by atoms with Crippen LogP contribution in [0.5, 0.6) is 0 Å². The fraction of sp³-hybridized carbons (Fsp3) is 0.160. The summed E-state index contributed by atoms with van der Waals surface area (Å²) in [6.45, 7) is 2.08. The SMILES string of the molecule is Cc1cccc(CC2SC(=C(C#N)C(=O)NCc3ccco3)N(c3ccc(F)cc3)C2=O)c1. The van der Waals surface area contributed by atoms with E-state index in [-0.39, 0.29) is 23.1 Å². The number of benzene rings is 2. The number of aryl methyl sites for hydroxylation is 1. The number of nitrogens with zero attached hydrogens (tertiary/aromatic N) is 2. The maximum absolute atomic E-state index is 13.5. The topological polar surface area (TPSA) is 86.3 Å². The Kier molecular flexibility index (Phi) is 6.61. The lowest BCUT2D eigenvalue weighted by Gasteiger charge is -2.18. The Bertz CT molecular complexity index is 1250. The Labute approximate surface area is 194 Å². The highest BCUT2D eigenvalue weighted by Crippen LogP contribution is 2.42. The first kappa shape index (κ1) is 22.4. The van der Waals surface area contributed by atoms with Gasteiger partial charge in [-0.05, 0) is 55.3 Å². The van der Waals surface area contributed by atoms with Gasteiger partial charge in [0.1, 0.15) is 28.2 Å². The highest BCUT2D eigenvalue weighted by molar-refractivity contribution is 8.05. The molecule has 3 aromatic rings. The minimum Gasteiger partial charge on any atom is -0.467 e. The van der Waals surface area contributed by atoms with E-state index in [1.165, 1.54) is 47.2 Å². The van der Waals surface area contributed by atoms with Crippen LogP contribution in [0.1, 0.15) is 16.9 Å². The van der Waals surface area contributed by atoms with Gasteiger partial charge < -0.3 is 9.73 Å². The van der Waals surface area contributed by atoms with Crippen LogP contribution < -0.4 is 10.2 Å². The first-order valence-corrected chi connectivity index (χ1v) is 11.1. The third kappa shape index (κ3) is 4.99. The summed E-state index contributed by atoms with van der Waals surface area (Å²) >= 11 is 1.17. The lowest BCUT2D eigenvalue weighted by molar-refractivity contribution is -0.117. The minimum absolute atomic E-state index is 0.103. The van der Waals surface area contributed by atoms with Crippen molar-refractivity contribution in [3.63, 3.8) is 0 Å². The van der Waals surface area contributed by atoms with Gasteiger partial charge in [-0.25, -0.2) is 4.39 Å². The van der Waals surface area contributed by atoms with Gasteiger partial charge in [-0.15, -0.1) is 0 Å². The van der Waals surface area contributed by atoms with Crippen molar-refractivity contribution < 1.29 is 18.4 Å². The number of amides is 2. The summed E-state index contributed by atoms with van der Waals surface area (Å²) < 4.78 is 18.7. The molecule has 1 aromatic heterocycles. The number of hydrogen-bond acceptors (Lipinski definition) is 5. The van der Waals surface area contributed by atoms with Crippen LogP contribution in [0.4, 0.5) is 10.1 Å². The third-order valence-electron chi connectivity index (χ3n) is 5.10. The number of anilines is 1. The minimum atomic E-state index is -0.618. The van der Waals surface area contributed by atoms with E-state index in [1.807, 2.05) is 37.3 Å². The Morgan fingerprint density at radius 3 is 2.67 bits per heavy atom. The molecule has 0 radical (unpaired) electrons. The largest absolute Gasteiger partial charge is 0.467 e. The zero-order chi connectivity index (χ0) is 23.4. The van der Waals surface area contributed by atoms with Crippen LogP contribution in [0.2, 0.25) is 0 Å². The van der Waals surface area contributed by atoms with Crippen molar-refractivity contribution in [2.45, 2.75) is 25.1 Å². The highest BCUT2D eigenvalue weighted by atomic mass is 32.2. The lowest BCUT2D eigenvalue weighted by Crippen LogP contribution is -2.32. The second kappa shape index (κ2) is 9.76. The molecule has 1 saturated heterocycles. The maximum atomic E-state index is 13.5. The smallest absolute Gasteiger partial charge is 0.265 e. The number of rotatable bonds is 6. The summed E-state index contributed by atoms with van der Waals surface area (Å²) in [6.07, 6.45) is 1.92. The molecule has 2 heterocycles. The van der Waals surface area contributed by atoms with E-state index in [0.29, 0.717) is 17.9 Å². The van der Waals surface area contributed by atoms with Crippen LogP contribution >= 0.6 is 11.8 Å². The number of furan rings is 1. The predicted octanol–water partition coefficient (Wildman–Crippen LogP) is 4.47.